The minimum absolute atomic E-state index is 0.00571. The summed E-state index contributed by atoms with van der Waals surface area (Å²) in [4.78, 5) is 19.4. The maximum Gasteiger partial charge on any atom is 0.256 e. The van der Waals surface area contributed by atoms with Gasteiger partial charge in [-0.1, -0.05) is 6.07 Å². The molecular weight excluding hydrogens is 318 g/mol. The highest BCUT2D eigenvalue weighted by Gasteiger charge is 2.29. The lowest BCUT2D eigenvalue weighted by Gasteiger charge is -2.32. The Labute approximate surface area is 145 Å². The van der Waals surface area contributed by atoms with Crippen LogP contribution in [-0.2, 0) is 6.54 Å². The molecule has 0 saturated carbocycles. The smallest absolute Gasteiger partial charge is 0.256 e. The Hall–Kier alpha value is -2.70. The van der Waals surface area contributed by atoms with E-state index in [4.69, 9.17) is 4.42 Å². The van der Waals surface area contributed by atoms with Crippen molar-refractivity contribution >= 4 is 17.0 Å². The van der Waals surface area contributed by atoms with Crippen molar-refractivity contribution in [3.8, 4) is 0 Å². The molecule has 4 rings (SSSR count). The van der Waals surface area contributed by atoms with Crippen LogP contribution in [0.2, 0.25) is 0 Å². The molecule has 0 bridgehead atoms. The van der Waals surface area contributed by atoms with Gasteiger partial charge in [-0.25, -0.2) is 4.98 Å². The SMILES string of the molecule is CCn1cnnc1[C@H]1CCCN(C(=O)c2cccc3oc(C)nc23)C1. The van der Waals surface area contributed by atoms with E-state index in [0.717, 1.165) is 31.8 Å². The molecule has 130 valence electrons. The molecule has 3 aromatic rings. The van der Waals surface area contributed by atoms with Gasteiger partial charge in [0.1, 0.15) is 17.7 Å². The molecule has 1 aliphatic rings. The molecule has 25 heavy (non-hydrogen) atoms. The fourth-order valence-corrected chi connectivity index (χ4v) is 3.60. The largest absolute Gasteiger partial charge is 0.441 e. The Morgan fingerprint density at radius 3 is 3.12 bits per heavy atom. The first-order valence-corrected chi connectivity index (χ1v) is 8.70. The fraction of sp³-hybridized carbons (Fsp3) is 0.444. The zero-order valence-electron chi connectivity index (χ0n) is 14.5. The zero-order chi connectivity index (χ0) is 17.4. The van der Waals surface area contributed by atoms with Crippen LogP contribution in [0, 0.1) is 6.92 Å². The molecule has 1 saturated heterocycles. The van der Waals surface area contributed by atoms with E-state index in [0.29, 0.717) is 29.1 Å². The number of rotatable bonds is 3. The summed E-state index contributed by atoms with van der Waals surface area (Å²) in [6.07, 6.45) is 3.74. The number of benzene rings is 1. The van der Waals surface area contributed by atoms with Gasteiger partial charge in [0.2, 0.25) is 0 Å². The summed E-state index contributed by atoms with van der Waals surface area (Å²) >= 11 is 0. The molecule has 2 aromatic heterocycles. The third kappa shape index (κ3) is 2.79. The quantitative estimate of drug-likeness (QED) is 0.733. The molecule has 0 aliphatic carbocycles. The molecule has 7 heteroatoms. The highest BCUT2D eigenvalue weighted by atomic mass is 16.3. The Bertz CT molecular complexity index is 913. The van der Waals surface area contributed by atoms with Gasteiger partial charge in [0, 0.05) is 32.5 Å². The predicted molar refractivity (Wildman–Crippen MR) is 92.3 cm³/mol. The molecule has 3 heterocycles. The van der Waals surface area contributed by atoms with Crippen LogP contribution in [0.15, 0.2) is 28.9 Å². The van der Waals surface area contributed by atoms with E-state index in [1.165, 1.54) is 0 Å². The van der Waals surface area contributed by atoms with Crippen molar-refractivity contribution in [2.24, 2.45) is 0 Å². The topological polar surface area (TPSA) is 77.0 Å². The van der Waals surface area contributed by atoms with Crippen LogP contribution < -0.4 is 0 Å². The average molecular weight is 339 g/mol. The number of piperidine rings is 1. The predicted octanol–water partition coefficient (Wildman–Crippen LogP) is 2.77. The van der Waals surface area contributed by atoms with Gasteiger partial charge >= 0.3 is 0 Å². The van der Waals surface area contributed by atoms with Crippen molar-refractivity contribution in [2.45, 2.75) is 39.2 Å². The second-order valence-electron chi connectivity index (χ2n) is 6.45. The minimum Gasteiger partial charge on any atom is -0.441 e. The van der Waals surface area contributed by atoms with Gasteiger partial charge in [-0.05, 0) is 31.9 Å². The number of aryl methyl sites for hydroxylation is 2. The second kappa shape index (κ2) is 6.31. The van der Waals surface area contributed by atoms with Gasteiger partial charge in [0.05, 0.1) is 5.56 Å². The lowest BCUT2D eigenvalue weighted by atomic mass is 9.96. The maximum atomic E-state index is 13.1. The van der Waals surface area contributed by atoms with Crippen molar-refractivity contribution < 1.29 is 9.21 Å². The number of hydrogen-bond acceptors (Lipinski definition) is 5. The van der Waals surface area contributed by atoms with Gasteiger partial charge in [-0.2, -0.15) is 0 Å². The van der Waals surface area contributed by atoms with E-state index in [-0.39, 0.29) is 11.8 Å². The van der Waals surface area contributed by atoms with E-state index in [2.05, 4.69) is 26.7 Å². The monoisotopic (exact) mass is 339 g/mol. The number of nitrogens with zero attached hydrogens (tertiary/aromatic N) is 5. The average Bonchev–Trinajstić information content (AvgIpc) is 3.26. The minimum atomic E-state index is 0.00571. The third-order valence-corrected chi connectivity index (χ3v) is 4.82. The van der Waals surface area contributed by atoms with Crippen LogP contribution >= 0.6 is 0 Å². The van der Waals surface area contributed by atoms with E-state index in [1.807, 2.05) is 23.1 Å². The highest BCUT2D eigenvalue weighted by molar-refractivity contribution is 6.04. The number of carbonyl (C=O) groups is 1. The number of carbonyl (C=O) groups excluding carboxylic acids is 1. The first-order chi connectivity index (χ1) is 12.2. The fourth-order valence-electron chi connectivity index (χ4n) is 3.60. The van der Waals surface area contributed by atoms with Crippen LogP contribution in [0.3, 0.4) is 0 Å². The zero-order valence-corrected chi connectivity index (χ0v) is 14.5. The van der Waals surface area contributed by atoms with Crippen molar-refractivity contribution in [3.63, 3.8) is 0 Å². The van der Waals surface area contributed by atoms with Gasteiger partial charge in [0.25, 0.3) is 5.91 Å². The van der Waals surface area contributed by atoms with Crippen molar-refractivity contribution in [1.82, 2.24) is 24.6 Å². The summed E-state index contributed by atoms with van der Waals surface area (Å²) in [6.45, 7) is 6.12. The number of fused-ring (bicyclic) bond motifs is 1. The molecule has 0 unspecified atom stereocenters. The number of hydrogen-bond donors (Lipinski definition) is 0. The van der Waals surface area contributed by atoms with Gasteiger partial charge in [-0.15, -0.1) is 10.2 Å². The normalized spacial score (nSPS) is 18.0. The molecule has 0 spiro atoms. The number of amides is 1. The van der Waals surface area contributed by atoms with Crippen LogP contribution in [0.5, 0.6) is 0 Å². The first kappa shape index (κ1) is 15.8. The molecule has 7 nitrogen and oxygen atoms in total. The molecule has 1 fully saturated rings. The van der Waals surface area contributed by atoms with Crippen molar-refractivity contribution in [2.75, 3.05) is 13.1 Å². The summed E-state index contributed by atoms with van der Waals surface area (Å²) in [5.74, 6) is 1.77. The molecule has 1 atom stereocenters. The van der Waals surface area contributed by atoms with E-state index in [1.54, 1.807) is 13.3 Å². The van der Waals surface area contributed by atoms with Crippen LogP contribution in [0.25, 0.3) is 11.1 Å². The Kier molecular flexibility index (Phi) is 3.99. The Balaban J connectivity index is 1.61. The van der Waals surface area contributed by atoms with Crippen LogP contribution in [-0.4, -0.2) is 43.6 Å². The van der Waals surface area contributed by atoms with E-state index < -0.39 is 0 Å². The maximum absolute atomic E-state index is 13.1. The van der Waals surface area contributed by atoms with Crippen LogP contribution in [0.1, 0.15) is 47.8 Å². The lowest BCUT2D eigenvalue weighted by Crippen LogP contribution is -2.39. The van der Waals surface area contributed by atoms with Gasteiger partial charge in [-0.3, -0.25) is 4.79 Å². The second-order valence-corrected chi connectivity index (χ2v) is 6.45. The Morgan fingerprint density at radius 1 is 1.40 bits per heavy atom. The lowest BCUT2D eigenvalue weighted by molar-refractivity contribution is 0.0705. The number of oxazole rings is 1. The molecule has 1 amide bonds. The van der Waals surface area contributed by atoms with Gasteiger partial charge in [0.15, 0.2) is 11.5 Å². The van der Waals surface area contributed by atoms with Crippen molar-refractivity contribution in [1.29, 1.82) is 0 Å². The standard InChI is InChI=1S/C18H21N5O2/c1-3-22-11-19-21-17(22)13-6-5-9-23(10-13)18(24)14-7-4-8-15-16(14)20-12(2)25-15/h4,7-8,11,13H,3,5-6,9-10H2,1-2H3/t13-/m0/s1. The molecule has 1 aromatic carbocycles. The molecule has 1 aliphatic heterocycles. The molecule has 0 N–H and O–H groups in total. The summed E-state index contributed by atoms with van der Waals surface area (Å²) in [7, 11) is 0. The van der Waals surface area contributed by atoms with E-state index >= 15 is 0 Å². The third-order valence-electron chi connectivity index (χ3n) is 4.82. The molecule has 0 radical (unpaired) electrons. The first-order valence-electron chi connectivity index (χ1n) is 8.70. The Morgan fingerprint density at radius 2 is 2.28 bits per heavy atom. The number of likely N-dealkylation sites (tertiary alicyclic amines) is 1. The summed E-state index contributed by atoms with van der Waals surface area (Å²) in [6, 6.07) is 5.51. The number of para-hydroxylation sites is 1. The van der Waals surface area contributed by atoms with Crippen molar-refractivity contribution in [3.05, 3.63) is 41.8 Å². The number of aromatic nitrogens is 4. The summed E-state index contributed by atoms with van der Waals surface area (Å²) in [5.41, 5.74) is 1.90. The van der Waals surface area contributed by atoms with Gasteiger partial charge < -0.3 is 13.9 Å². The summed E-state index contributed by atoms with van der Waals surface area (Å²) in [5, 5.41) is 8.31. The van der Waals surface area contributed by atoms with E-state index in [9.17, 15) is 4.79 Å². The summed E-state index contributed by atoms with van der Waals surface area (Å²) < 4.78 is 7.61. The van der Waals surface area contributed by atoms with Crippen LogP contribution in [0.4, 0.5) is 0 Å². The highest BCUT2D eigenvalue weighted by Crippen LogP contribution is 2.28. The molecular formula is C18H21N5O2.